The fourth-order valence-corrected chi connectivity index (χ4v) is 2.50. The summed E-state index contributed by atoms with van der Waals surface area (Å²) in [6.07, 6.45) is 7.03. The number of hydrogen-bond donors (Lipinski definition) is 1. The van der Waals surface area contributed by atoms with Gasteiger partial charge in [0.15, 0.2) is 0 Å². The normalized spacial score (nSPS) is 14.6. The number of aromatic nitrogens is 1. The summed E-state index contributed by atoms with van der Waals surface area (Å²) in [6, 6.07) is 14.7. The van der Waals surface area contributed by atoms with Crippen molar-refractivity contribution in [3.05, 3.63) is 59.8 Å². The molecule has 1 aromatic carbocycles. The van der Waals surface area contributed by atoms with Crippen LogP contribution in [0.25, 0.3) is 0 Å². The Balaban J connectivity index is 1.65. The van der Waals surface area contributed by atoms with Crippen LogP contribution in [0, 0.1) is 11.8 Å². The standard InChI is InChI=1S/C18H18N2/c1-2-6-15(7-3-1)10-11-16-12-13-18(19-14-16)20-17-8-4-5-9-17/h1-3,6-7,12-14,17H,4-5,8-9H2,(H,19,20). The average molecular weight is 262 g/mol. The van der Waals surface area contributed by atoms with Crippen LogP contribution in [0.1, 0.15) is 36.8 Å². The van der Waals surface area contributed by atoms with Gasteiger partial charge in [0.1, 0.15) is 5.82 Å². The van der Waals surface area contributed by atoms with Crippen molar-refractivity contribution in [1.29, 1.82) is 0 Å². The maximum absolute atomic E-state index is 4.44. The number of benzene rings is 1. The van der Waals surface area contributed by atoms with Crippen molar-refractivity contribution >= 4 is 5.82 Å². The number of pyridine rings is 1. The second-order valence-corrected chi connectivity index (χ2v) is 5.17. The van der Waals surface area contributed by atoms with E-state index in [0.717, 1.165) is 16.9 Å². The first-order valence-corrected chi connectivity index (χ1v) is 7.20. The number of rotatable bonds is 2. The summed E-state index contributed by atoms with van der Waals surface area (Å²) in [5, 5.41) is 3.48. The summed E-state index contributed by atoms with van der Waals surface area (Å²) < 4.78 is 0. The molecule has 100 valence electrons. The SMILES string of the molecule is C(#Cc1ccc(NC2CCCC2)nc1)c1ccccc1. The Morgan fingerprint density at radius 1 is 0.900 bits per heavy atom. The van der Waals surface area contributed by atoms with E-state index in [2.05, 4.69) is 22.1 Å². The van der Waals surface area contributed by atoms with Gasteiger partial charge in [-0.25, -0.2) is 4.98 Å². The Kier molecular flexibility index (Phi) is 3.99. The summed E-state index contributed by atoms with van der Waals surface area (Å²) >= 11 is 0. The molecular weight excluding hydrogens is 244 g/mol. The minimum absolute atomic E-state index is 0.601. The van der Waals surface area contributed by atoms with Gasteiger partial charge in [-0.15, -0.1) is 0 Å². The Hall–Kier alpha value is -2.27. The lowest BCUT2D eigenvalue weighted by Crippen LogP contribution is -2.15. The highest BCUT2D eigenvalue weighted by atomic mass is 15.0. The van der Waals surface area contributed by atoms with Gasteiger partial charge < -0.3 is 5.32 Å². The van der Waals surface area contributed by atoms with Crippen LogP contribution in [0.3, 0.4) is 0 Å². The van der Waals surface area contributed by atoms with Gasteiger partial charge in [-0.05, 0) is 37.1 Å². The highest BCUT2D eigenvalue weighted by Crippen LogP contribution is 2.21. The van der Waals surface area contributed by atoms with Crippen LogP contribution >= 0.6 is 0 Å². The van der Waals surface area contributed by atoms with Crippen molar-refractivity contribution in [3.63, 3.8) is 0 Å². The molecule has 1 fully saturated rings. The third kappa shape index (κ3) is 3.39. The third-order valence-electron chi connectivity index (χ3n) is 3.60. The van der Waals surface area contributed by atoms with Crippen LogP contribution in [-0.2, 0) is 0 Å². The van der Waals surface area contributed by atoms with Gasteiger partial charge >= 0.3 is 0 Å². The quantitative estimate of drug-likeness (QED) is 0.832. The molecule has 0 saturated heterocycles. The van der Waals surface area contributed by atoms with Gasteiger partial charge in [-0.1, -0.05) is 42.9 Å². The molecule has 0 atom stereocenters. The summed E-state index contributed by atoms with van der Waals surface area (Å²) in [4.78, 5) is 4.44. The zero-order valence-electron chi connectivity index (χ0n) is 11.5. The predicted octanol–water partition coefficient (Wildman–Crippen LogP) is 3.84. The van der Waals surface area contributed by atoms with Gasteiger partial charge in [-0.2, -0.15) is 0 Å². The molecule has 0 radical (unpaired) electrons. The molecule has 1 saturated carbocycles. The summed E-state index contributed by atoms with van der Waals surface area (Å²) in [7, 11) is 0. The zero-order valence-corrected chi connectivity index (χ0v) is 11.5. The molecule has 3 rings (SSSR count). The van der Waals surface area contributed by atoms with Crippen molar-refractivity contribution in [1.82, 2.24) is 4.98 Å². The fourth-order valence-electron chi connectivity index (χ4n) is 2.50. The lowest BCUT2D eigenvalue weighted by Gasteiger charge is -2.11. The number of anilines is 1. The van der Waals surface area contributed by atoms with Gasteiger partial charge in [0.05, 0.1) is 0 Å². The first-order chi connectivity index (χ1) is 9.90. The lowest BCUT2D eigenvalue weighted by molar-refractivity contribution is 0.750. The summed E-state index contributed by atoms with van der Waals surface area (Å²) in [6.45, 7) is 0. The zero-order chi connectivity index (χ0) is 13.6. The van der Waals surface area contributed by atoms with Crippen LogP contribution in [0.4, 0.5) is 5.82 Å². The smallest absolute Gasteiger partial charge is 0.126 e. The van der Waals surface area contributed by atoms with E-state index in [9.17, 15) is 0 Å². The van der Waals surface area contributed by atoms with E-state index in [1.807, 2.05) is 48.7 Å². The highest BCUT2D eigenvalue weighted by molar-refractivity contribution is 5.45. The molecule has 2 heteroatoms. The van der Waals surface area contributed by atoms with E-state index in [0.29, 0.717) is 6.04 Å². The minimum Gasteiger partial charge on any atom is -0.367 e. The van der Waals surface area contributed by atoms with Crippen LogP contribution < -0.4 is 5.32 Å². The van der Waals surface area contributed by atoms with E-state index in [1.54, 1.807) is 0 Å². The third-order valence-corrected chi connectivity index (χ3v) is 3.60. The van der Waals surface area contributed by atoms with Crippen LogP contribution in [0.2, 0.25) is 0 Å². The van der Waals surface area contributed by atoms with Crippen molar-refractivity contribution < 1.29 is 0 Å². The van der Waals surface area contributed by atoms with Crippen molar-refractivity contribution in [3.8, 4) is 11.8 Å². The second kappa shape index (κ2) is 6.25. The molecule has 0 spiro atoms. The molecule has 0 unspecified atom stereocenters. The summed E-state index contributed by atoms with van der Waals surface area (Å²) in [5.74, 6) is 7.24. The lowest BCUT2D eigenvalue weighted by atomic mass is 10.2. The van der Waals surface area contributed by atoms with Crippen molar-refractivity contribution in [2.45, 2.75) is 31.7 Å². The highest BCUT2D eigenvalue weighted by Gasteiger charge is 2.14. The van der Waals surface area contributed by atoms with Crippen molar-refractivity contribution in [2.75, 3.05) is 5.32 Å². The molecule has 0 amide bonds. The van der Waals surface area contributed by atoms with E-state index in [-0.39, 0.29) is 0 Å². The van der Waals surface area contributed by atoms with Gasteiger partial charge in [0.2, 0.25) is 0 Å². The molecule has 1 N–H and O–H groups in total. The molecule has 0 bridgehead atoms. The van der Waals surface area contributed by atoms with Gasteiger partial charge in [-0.3, -0.25) is 0 Å². The number of hydrogen-bond acceptors (Lipinski definition) is 2. The molecule has 1 aliphatic carbocycles. The number of nitrogens with one attached hydrogen (secondary N) is 1. The van der Waals surface area contributed by atoms with Crippen LogP contribution in [-0.4, -0.2) is 11.0 Å². The monoisotopic (exact) mass is 262 g/mol. The largest absolute Gasteiger partial charge is 0.367 e. The molecule has 0 aliphatic heterocycles. The number of nitrogens with zero attached hydrogens (tertiary/aromatic N) is 1. The van der Waals surface area contributed by atoms with E-state index in [4.69, 9.17) is 0 Å². The molecule has 1 heterocycles. The van der Waals surface area contributed by atoms with E-state index in [1.165, 1.54) is 25.7 Å². The molecule has 2 nitrogen and oxygen atoms in total. The topological polar surface area (TPSA) is 24.9 Å². The van der Waals surface area contributed by atoms with E-state index < -0.39 is 0 Å². The Morgan fingerprint density at radius 2 is 1.65 bits per heavy atom. The minimum atomic E-state index is 0.601. The van der Waals surface area contributed by atoms with Crippen LogP contribution in [0.5, 0.6) is 0 Å². The summed E-state index contributed by atoms with van der Waals surface area (Å²) in [5.41, 5.74) is 1.98. The Morgan fingerprint density at radius 3 is 2.35 bits per heavy atom. The van der Waals surface area contributed by atoms with Crippen molar-refractivity contribution in [2.24, 2.45) is 0 Å². The molecule has 1 aliphatic rings. The molecule has 20 heavy (non-hydrogen) atoms. The maximum Gasteiger partial charge on any atom is 0.126 e. The molecule has 1 aromatic heterocycles. The average Bonchev–Trinajstić information content (AvgIpc) is 3.01. The first-order valence-electron chi connectivity index (χ1n) is 7.20. The van der Waals surface area contributed by atoms with Crippen LogP contribution in [0.15, 0.2) is 48.7 Å². The van der Waals surface area contributed by atoms with E-state index >= 15 is 0 Å². The first kappa shape index (κ1) is 12.7. The van der Waals surface area contributed by atoms with Gasteiger partial charge in [0.25, 0.3) is 0 Å². The second-order valence-electron chi connectivity index (χ2n) is 5.17. The molecule has 2 aromatic rings. The predicted molar refractivity (Wildman–Crippen MR) is 82.5 cm³/mol. The molecular formula is C18H18N2. The fraction of sp³-hybridized carbons (Fsp3) is 0.278. The van der Waals surface area contributed by atoms with Gasteiger partial charge in [0, 0.05) is 23.4 Å². The maximum atomic E-state index is 4.44. The Bertz CT molecular complexity index is 599. The Labute approximate surface area is 120 Å².